The van der Waals surface area contributed by atoms with Gasteiger partial charge in [0.2, 0.25) is 0 Å². The molecular formula is C13H12FNO. The summed E-state index contributed by atoms with van der Waals surface area (Å²) >= 11 is 0. The van der Waals surface area contributed by atoms with Crippen LogP contribution in [0.3, 0.4) is 0 Å². The standard InChI is InChI=1S/C13H12FNO/c14-11-3-1-2-10(4-11)13(7-15)5-12(6-13)8-16-9-12/h1-4H,5-6,8-9H2. The predicted molar refractivity (Wildman–Crippen MR) is 56.2 cm³/mol. The lowest BCUT2D eigenvalue weighted by Gasteiger charge is -2.57. The molecule has 0 bridgehead atoms. The van der Waals surface area contributed by atoms with Crippen LogP contribution >= 0.6 is 0 Å². The number of halogens is 1. The first-order chi connectivity index (χ1) is 7.68. The molecule has 3 rings (SSSR count). The van der Waals surface area contributed by atoms with Crippen molar-refractivity contribution >= 4 is 0 Å². The van der Waals surface area contributed by atoms with Gasteiger partial charge in [-0.1, -0.05) is 12.1 Å². The van der Waals surface area contributed by atoms with Crippen molar-refractivity contribution in [3.63, 3.8) is 0 Å². The molecule has 16 heavy (non-hydrogen) atoms. The summed E-state index contributed by atoms with van der Waals surface area (Å²) in [7, 11) is 0. The zero-order chi connectivity index (χ0) is 11.2. The van der Waals surface area contributed by atoms with E-state index in [1.165, 1.54) is 12.1 Å². The van der Waals surface area contributed by atoms with Gasteiger partial charge in [-0.25, -0.2) is 4.39 Å². The maximum Gasteiger partial charge on any atom is 0.123 e. The minimum absolute atomic E-state index is 0.210. The summed E-state index contributed by atoms with van der Waals surface area (Å²) in [5.74, 6) is -0.266. The molecule has 2 fully saturated rings. The Morgan fingerprint density at radius 1 is 1.31 bits per heavy atom. The first kappa shape index (κ1) is 9.80. The van der Waals surface area contributed by atoms with Gasteiger partial charge < -0.3 is 4.74 Å². The normalized spacial score (nSPS) is 24.2. The highest BCUT2D eigenvalue weighted by atomic mass is 19.1. The molecule has 0 radical (unpaired) electrons. The first-order valence-corrected chi connectivity index (χ1v) is 5.43. The van der Waals surface area contributed by atoms with Gasteiger partial charge >= 0.3 is 0 Å². The number of benzene rings is 1. The van der Waals surface area contributed by atoms with Crippen molar-refractivity contribution in [1.82, 2.24) is 0 Å². The van der Waals surface area contributed by atoms with Crippen LogP contribution in [0.4, 0.5) is 4.39 Å². The van der Waals surface area contributed by atoms with Gasteiger partial charge in [0, 0.05) is 5.41 Å². The highest BCUT2D eigenvalue weighted by Gasteiger charge is 2.59. The smallest absolute Gasteiger partial charge is 0.123 e. The molecule has 1 saturated carbocycles. The molecular weight excluding hydrogens is 205 g/mol. The fraction of sp³-hybridized carbons (Fsp3) is 0.462. The zero-order valence-corrected chi connectivity index (χ0v) is 8.87. The summed E-state index contributed by atoms with van der Waals surface area (Å²) in [6.07, 6.45) is 1.61. The second-order valence-electron chi connectivity index (χ2n) is 5.05. The molecule has 0 unspecified atom stereocenters. The van der Waals surface area contributed by atoms with Crippen molar-refractivity contribution in [2.45, 2.75) is 18.3 Å². The first-order valence-electron chi connectivity index (χ1n) is 5.43. The van der Waals surface area contributed by atoms with E-state index in [1.54, 1.807) is 6.07 Å². The molecule has 2 nitrogen and oxygen atoms in total. The molecule has 0 N–H and O–H groups in total. The molecule has 1 aromatic carbocycles. The van der Waals surface area contributed by atoms with E-state index in [0.717, 1.165) is 31.6 Å². The monoisotopic (exact) mass is 217 g/mol. The summed E-state index contributed by atoms with van der Waals surface area (Å²) < 4.78 is 18.3. The van der Waals surface area contributed by atoms with E-state index in [2.05, 4.69) is 6.07 Å². The Bertz CT molecular complexity index is 465. The minimum Gasteiger partial charge on any atom is -0.380 e. The van der Waals surface area contributed by atoms with Gasteiger partial charge in [0.1, 0.15) is 5.82 Å². The third-order valence-electron chi connectivity index (χ3n) is 3.76. The number of nitrogens with zero attached hydrogens (tertiary/aromatic N) is 1. The molecule has 82 valence electrons. The van der Waals surface area contributed by atoms with Gasteiger partial charge in [-0.05, 0) is 30.5 Å². The Labute approximate surface area is 93.6 Å². The van der Waals surface area contributed by atoms with Crippen molar-refractivity contribution in [1.29, 1.82) is 5.26 Å². The van der Waals surface area contributed by atoms with Crippen LogP contribution in [0.15, 0.2) is 24.3 Å². The van der Waals surface area contributed by atoms with Gasteiger partial charge in [-0.15, -0.1) is 0 Å². The molecule has 2 aliphatic rings. The van der Waals surface area contributed by atoms with Gasteiger partial charge in [0.05, 0.1) is 24.7 Å². The van der Waals surface area contributed by atoms with E-state index in [9.17, 15) is 9.65 Å². The largest absolute Gasteiger partial charge is 0.380 e. The Morgan fingerprint density at radius 3 is 2.56 bits per heavy atom. The van der Waals surface area contributed by atoms with Crippen molar-refractivity contribution in [2.75, 3.05) is 13.2 Å². The summed E-state index contributed by atoms with van der Waals surface area (Å²) in [5.41, 5.74) is 0.543. The maximum atomic E-state index is 13.1. The molecule has 3 heteroatoms. The summed E-state index contributed by atoms with van der Waals surface area (Å²) in [6.45, 7) is 1.51. The Hall–Kier alpha value is -1.40. The van der Waals surface area contributed by atoms with Crippen LogP contribution in [0.25, 0.3) is 0 Å². The minimum atomic E-state index is -0.480. The Kier molecular flexibility index (Phi) is 1.87. The fourth-order valence-electron chi connectivity index (χ4n) is 2.96. The number of hydrogen-bond acceptors (Lipinski definition) is 2. The fourth-order valence-corrected chi connectivity index (χ4v) is 2.96. The highest BCUT2D eigenvalue weighted by molar-refractivity contribution is 5.38. The van der Waals surface area contributed by atoms with Gasteiger partial charge in [-0.3, -0.25) is 0 Å². The highest BCUT2D eigenvalue weighted by Crippen LogP contribution is 2.58. The van der Waals surface area contributed by atoms with Crippen LogP contribution in [-0.2, 0) is 10.2 Å². The lowest BCUT2D eigenvalue weighted by Crippen LogP contribution is -2.59. The van der Waals surface area contributed by atoms with E-state index in [-0.39, 0.29) is 11.2 Å². The third-order valence-corrected chi connectivity index (χ3v) is 3.76. The average molecular weight is 217 g/mol. The van der Waals surface area contributed by atoms with Crippen LogP contribution in [0, 0.1) is 22.6 Å². The lowest BCUT2D eigenvalue weighted by molar-refractivity contribution is -0.178. The SMILES string of the molecule is N#CC1(c2cccc(F)c2)CC2(COC2)C1. The lowest BCUT2D eigenvalue weighted by atomic mass is 9.50. The Balaban J connectivity index is 1.90. The predicted octanol–water partition coefficient (Wildman–Crippen LogP) is 2.40. The van der Waals surface area contributed by atoms with Crippen molar-refractivity contribution in [2.24, 2.45) is 5.41 Å². The molecule has 1 aliphatic carbocycles. The van der Waals surface area contributed by atoms with E-state index >= 15 is 0 Å². The molecule has 0 atom stereocenters. The van der Waals surface area contributed by atoms with E-state index < -0.39 is 5.41 Å². The summed E-state index contributed by atoms with van der Waals surface area (Å²) in [5, 5.41) is 9.32. The van der Waals surface area contributed by atoms with E-state index in [4.69, 9.17) is 4.74 Å². The topological polar surface area (TPSA) is 33.0 Å². The molecule has 0 amide bonds. The van der Waals surface area contributed by atoms with Gasteiger partial charge in [-0.2, -0.15) is 5.26 Å². The number of hydrogen-bond donors (Lipinski definition) is 0. The summed E-state index contributed by atoms with van der Waals surface area (Å²) in [6, 6.07) is 8.77. The second-order valence-corrected chi connectivity index (χ2v) is 5.05. The zero-order valence-electron chi connectivity index (χ0n) is 8.87. The van der Waals surface area contributed by atoms with Crippen molar-refractivity contribution in [3.05, 3.63) is 35.6 Å². The van der Waals surface area contributed by atoms with Crippen molar-refractivity contribution < 1.29 is 9.13 Å². The van der Waals surface area contributed by atoms with E-state index in [1.807, 2.05) is 6.07 Å². The quantitative estimate of drug-likeness (QED) is 0.723. The molecule has 0 aromatic heterocycles. The molecule has 1 aromatic rings. The van der Waals surface area contributed by atoms with Crippen LogP contribution in [-0.4, -0.2) is 13.2 Å². The van der Waals surface area contributed by atoms with Crippen LogP contribution < -0.4 is 0 Å². The number of ether oxygens (including phenoxy) is 1. The molecule has 1 spiro atoms. The second kappa shape index (κ2) is 3.05. The van der Waals surface area contributed by atoms with Crippen molar-refractivity contribution in [3.8, 4) is 6.07 Å². The van der Waals surface area contributed by atoms with Gasteiger partial charge in [0.25, 0.3) is 0 Å². The van der Waals surface area contributed by atoms with Crippen LogP contribution in [0.2, 0.25) is 0 Å². The summed E-state index contributed by atoms with van der Waals surface area (Å²) in [4.78, 5) is 0. The van der Waals surface area contributed by atoms with E-state index in [0.29, 0.717) is 0 Å². The van der Waals surface area contributed by atoms with Gasteiger partial charge in [0.15, 0.2) is 0 Å². The average Bonchev–Trinajstić information content (AvgIpc) is 2.15. The molecule has 1 saturated heterocycles. The van der Waals surface area contributed by atoms with Crippen LogP contribution in [0.1, 0.15) is 18.4 Å². The Morgan fingerprint density at radius 2 is 2.06 bits per heavy atom. The number of rotatable bonds is 1. The molecule has 1 aliphatic heterocycles. The third kappa shape index (κ3) is 1.20. The molecule has 1 heterocycles. The number of nitriles is 1. The maximum absolute atomic E-state index is 13.1. The van der Waals surface area contributed by atoms with Crippen LogP contribution in [0.5, 0.6) is 0 Å².